The number of aryl methyl sites for hydroxylation is 2. The number of aliphatic hydroxyl groups excluding tert-OH is 1. The van der Waals surface area contributed by atoms with E-state index in [0.717, 1.165) is 11.3 Å². The first kappa shape index (κ1) is 11.5. The Balaban J connectivity index is 2.21. The molecule has 0 amide bonds. The van der Waals surface area contributed by atoms with Crippen molar-refractivity contribution < 1.29 is 13.5 Å². The van der Waals surface area contributed by atoms with Crippen LogP contribution in [0.4, 0.5) is 0 Å². The minimum absolute atomic E-state index is 0.0581. The summed E-state index contributed by atoms with van der Waals surface area (Å²) in [5, 5.41) is 8.70. The summed E-state index contributed by atoms with van der Waals surface area (Å²) < 4.78 is 22.8. The maximum atomic E-state index is 11.4. The van der Waals surface area contributed by atoms with E-state index in [1.807, 2.05) is 0 Å². The summed E-state index contributed by atoms with van der Waals surface area (Å²) in [6, 6.07) is 0. The minimum atomic E-state index is -2.95. The zero-order valence-corrected chi connectivity index (χ0v) is 9.70. The fraction of sp³-hybridized carbons (Fsp3) is 0.600. The lowest BCUT2D eigenvalue weighted by atomic mass is 10.2. The first-order valence-electron chi connectivity index (χ1n) is 5.26. The van der Waals surface area contributed by atoms with Gasteiger partial charge in [-0.05, 0) is 6.42 Å². The molecule has 16 heavy (non-hydrogen) atoms. The number of aliphatic hydroxyl groups is 1. The van der Waals surface area contributed by atoms with E-state index in [1.54, 1.807) is 6.20 Å². The van der Waals surface area contributed by atoms with E-state index in [2.05, 4.69) is 9.97 Å². The van der Waals surface area contributed by atoms with E-state index >= 15 is 0 Å². The van der Waals surface area contributed by atoms with Gasteiger partial charge >= 0.3 is 0 Å². The van der Waals surface area contributed by atoms with Crippen LogP contribution in [0.1, 0.15) is 23.5 Å². The Morgan fingerprint density at radius 2 is 2.25 bits per heavy atom. The van der Waals surface area contributed by atoms with E-state index in [1.165, 1.54) is 0 Å². The zero-order valence-electron chi connectivity index (χ0n) is 8.89. The molecule has 1 aliphatic rings. The molecular formula is C10H14N2O3S. The summed E-state index contributed by atoms with van der Waals surface area (Å²) in [6.45, 7) is 0.120. The van der Waals surface area contributed by atoms with E-state index in [0.29, 0.717) is 25.1 Å². The van der Waals surface area contributed by atoms with Crippen molar-refractivity contribution in [3.63, 3.8) is 0 Å². The van der Waals surface area contributed by atoms with Gasteiger partial charge in [0.05, 0.1) is 11.5 Å². The van der Waals surface area contributed by atoms with Crippen LogP contribution >= 0.6 is 0 Å². The first-order valence-corrected chi connectivity index (χ1v) is 7.08. The highest BCUT2D eigenvalue weighted by molar-refractivity contribution is 7.90. The molecule has 1 aromatic rings. The molecule has 0 unspecified atom stereocenters. The third-order valence-electron chi connectivity index (χ3n) is 2.59. The average Bonchev–Trinajstić information content (AvgIpc) is 2.25. The summed E-state index contributed by atoms with van der Waals surface area (Å²) >= 11 is 0. The molecule has 2 heterocycles. The van der Waals surface area contributed by atoms with Gasteiger partial charge in [0, 0.05) is 36.9 Å². The van der Waals surface area contributed by atoms with Gasteiger partial charge in [0.25, 0.3) is 0 Å². The van der Waals surface area contributed by atoms with Crippen molar-refractivity contribution in [3.8, 4) is 0 Å². The largest absolute Gasteiger partial charge is 0.396 e. The van der Waals surface area contributed by atoms with Gasteiger partial charge in [-0.25, -0.2) is 18.4 Å². The second-order valence-corrected chi connectivity index (χ2v) is 6.11. The lowest BCUT2D eigenvalue weighted by molar-refractivity contribution is 0.287. The molecular weight excluding hydrogens is 228 g/mol. The summed E-state index contributed by atoms with van der Waals surface area (Å²) in [7, 11) is -2.95. The van der Waals surface area contributed by atoms with Crippen LogP contribution in [0, 0.1) is 0 Å². The minimum Gasteiger partial charge on any atom is -0.396 e. The monoisotopic (exact) mass is 242 g/mol. The molecule has 1 aromatic heterocycles. The molecule has 1 aliphatic heterocycles. The molecule has 6 heteroatoms. The van der Waals surface area contributed by atoms with Crippen LogP contribution in [0.5, 0.6) is 0 Å². The number of fused-ring (bicyclic) bond motifs is 1. The summed E-state index contributed by atoms with van der Waals surface area (Å²) in [6.07, 6.45) is 3.35. The van der Waals surface area contributed by atoms with E-state index < -0.39 is 9.84 Å². The highest BCUT2D eigenvalue weighted by atomic mass is 32.2. The lowest BCUT2D eigenvalue weighted by Crippen LogP contribution is -2.21. The van der Waals surface area contributed by atoms with Crippen LogP contribution in [0.15, 0.2) is 6.20 Å². The molecule has 0 aliphatic carbocycles. The van der Waals surface area contributed by atoms with Crippen molar-refractivity contribution in [3.05, 3.63) is 23.3 Å². The molecule has 0 aromatic carbocycles. The molecule has 88 valence electrons. The standard InChI is InChI=1S/C10H14N2O3S/c13-4-1-2-10-11-6-8-7-16(14,15)5-3-9(8)12-10/h6,13H,1-5,7H2. The van der Waals surface area contributed by atoms with E-state index in [-0.39, 0.29) is 18.1 Å². The fourth-order valence-corrected chi connectivity index (χ4v) is 3.10. The van der Waals surface area contributed by atoms with Gasteiger partial charge in [0.15, 0.2) is 9.84 Å². The number of aromatic nitrogens is 2. The molecule has 0 fully saturated rings. The molecule has 1 N–H and O–H groups in total. The molecule has 0 spiro atoms. The van der Waals surface area contributed by atoms with Crippen LogP contribution in [-0.2, 0) is 28.4 Å². The lowest BCUT2D eigenvalue weighted by Gasteiger charge is -2.15. The number of sulfone groups is 1. The number of rotatable bonds is 3. The van der Waals surface area contributed by atoms with Gasteiger partial charge in [-0.3, -0.25) is 0 Å². The third kappa shape index (κ3) is 2.56. The number of hydrogen-bond donors (Lipinski definition) is 1. The van der Waals surface area contributed by atoms with Gasteiger partial charge in [0.1, 0.15) is 5.82 Å². The van der Waals surface area contributed by atoms with Crippen molar-refractivity contribution in [1.29, 1.82) is 0 Å². The second kappa shape index (κ2) is 4.47. The quantitative estimate of drug-likeness (QED) is 0.798. The molecule has 0 bridgehead atoms. The fourth-order valence-electron chi connectivity index (χ4n) is 1.74. The Labute approximate surface area is 94.5 Å². The number of hydrogen-bond acceptors (Lipinski definition) is 5. The zero-order chi connectivity index (χ0) is 11.6. The number of nitrogens with zero attached hydrogens (tertiary/aromatic N) is 2. The Hall–Kier alpha value is -1.01. The first-order chi connectivity index (χ1) is 7.61. The smallest absolute Gasteiger partial charge is 0.154 e. The summed E-state index contributed by atoms with van der Waals surface area (Å²) in [5.41, 5.74) is 1.57. The van der Waals surface area contributed by atoms with Crippen LogP contribution in [0.25, 0.3) is 0 Å². The Morgan fingerprint density at radius 3 is 3.00 bits per heavy atom. The van der Waals surface area contributed by atoms with E-state index in [4.69, 9.17) is 5.11 Å². The highest BCUT2D eigenvalue weighted by Crippen LogP contribution is 2.18. The highest BCUT2D eigenvalue weighted by Gasteiger charge is 2.22. The molecule has 0 atom stereocenters. The Morgan fingerprint density at radius 1 is 1.44 bits per heavy atom. The van der Waals surface area contributed by atoms with Crippen molar-refractivity contribution >= 4 is 9.84 Å². The van der Waals surface area contributed by atoms with E-state index in [9.17, 15) is 8.42 Å². The topological polar surface area (TPSA) is 80.2 Å². The van der Waals surface area contributed by atoms with Crippen molar-refractivity contribution in [2.45, 2.75) is 25.0 Å². The van der Waals surface area contributed by atoms with Gasteiger partial charge < -0.3 is 5.11 Å². The normalized spacial score (nSPS) is 18.1. The van der Waals surface area contributed by atoms with Crippen LogP contribution in [0.3, 0.4) is 0 Å². The third-order valence-corrected chi connectivity index (χ3v) is 4.16. The van der Waals surface area contributed by atoms with Crippen molar-refractivity contribution in [2.75, 3.05) is 12.4 Å². The van der Waals surface area contributed by atoms with Crippen LogP contribution < -0.4 is 0 Å². The van der Waals surface area contributed by atoms with Crippen LogP contribution in [0.2, 0.25) is 0 Å². The molecule has 5 nitrogen and oxygen atoms in total. The summed E-state index contributed by atoms with van der Waals surface area (Å²) in [4.78, 5) is 8.44. The van der Waals surface area contributed by atoms with Crippen molar-refractivity contribution in [2.24, 2.45) is 0 Å². The summed E-state index contributed by atoms with van der Waals surface area (Å²) in [5.74, 6) is 0.922. The second-order valence-electron chi connectivity index (χ2n) is 3.93. The van der Waals surface area contributed by atoms with Gasteiger partial charge in [-0.2, -0.15) is 0 Å². The Bertz CT molecular complexity index is 485. The maximum absolute atomic E-state index is 11.4. The van der Waals surface area contributed by atoms with Gasteiger partial charge in [0.2, 0.25) is 0 Å². The molecule has 0 saturated heterocycles. The SMILES string of the molecule is O=S1(=O)CCc2nc(CCCO)ncc2C1. The molecule has 0 saturated carbocycles. The maximum Gasteiger partial charge on any atom is 0.154 e. The predicted molar refractivity (Wildman–Crippen MR) is 58.6 cm³/mol. The van der Waals surface area contributed by atoms with Crippen molar-refractivity contribution in [1.82, 2.24) is 9.97 Å². The molecule has 0 radical (unpaired) electrons. The predicted octanol–water partition coefficient (Wildman–Crippen LogP) is -0.128. The molecule has 2 rings (SSSR count). The van der Waals surface area contributed by atoms with Gasteiger partial charge in [-0.1, -0.05) is 0 Å². The van der Waals surface area contributed by atoms with Crippen LogP contribution in [-0.4, -0.2) is 35.9 Å². The Kier molecular flexibility index (Phi) is 3.20. The van der Waals surface area contributed by atoms with Gasteiger partial charge in [-0.15, -0.1) is 0 Å². The average molecular weight is 242 g/mol.